The Balaban J connectivity index is 1.93. The van der Waals surface area contributed by atoms with Gasteiger partial charge in [-0.2, -0.15) is 5.26 Å². The van der Waals surface area contributed by atoms with Crippen LogP contribution in [0.2, 0.25) is 0 Å². The normalized spacial score (nSPS) is 11.1. The van der Waals surface area contributed by atoms with Crippen LogP contribution in [0.4, 0.5) is 0 Å². The molecule has 0 radical (unpaired) electrons. The number of methoxy groups -OCH3 is 2. The standard InChI is InChI=1S/C18H14N4O3/c1-23-9-14-18(21-17-7-12(8-19)20-10-22(14)17)16-6-11-5-13(24-2)3-4-15(11)25-16/h3-7,10H,9H2,1-2H3. The SMILES string of the molecule is COCc1c(-c2cc3cc(OC)ccc3o2)nc2cc(C#N)ncn12. The number of nitriles is 1. The molecule has 124 valence electrons. The summed E-state index contributed by atoms with van der Waals surface area (Å²) >= 11 is 0. The van der Waals surface area contributed by atoms with Gasteiger partial charge in [0, 0.05) is 18.6 Å². The summed E-state index contributed by atoms with van der Waals surface area (Å²) in [6, 6.07) is 11.2. The van der Waals surface area contributed by atoms with Gasteiger partial charge in [0.15, 0.2) is 5.76 Å². The Kier molecular flexibility index (Phi) is 3.60. The van der Waals surface area contributed by atoms with Gasteiger partial charge < -0.3 is 13.9 Å². The zero-order valence-corrected chi connectivity index (χ0v) is 13.7. The molecule has 4 rings (SSSR count). The molecule has 0 aliphatic carbocycles. The molecule has 0 fully saturated rings. The van der Waals surface area contributed by atoms with E-state index in [-0.39, 0.29) is 0 Å². The van der Waals surface area contributed by atoms with Gasteiger partial charge in [-0.15, -0.1) is 0 Å². The summed E-state index contributed by atoms with van der Waals surface area (Å²) in [7, 11) is 3.24. The second-order valence-electron chi connectivity index (χ2n) is 5.47. The summed E-state index contributed by atoms with van der Waals surface area (Å²) in [5, 5.41) is 9.96. The number of aromatic nitrogens is 3. The minimum absolute atomic E-state index is 0.308. The number of rotatable bonds is 4. The van der Waals surface area contributed by atoms with Crippen molar-refractivity contribution in [1.82, 2.24) is 14.4 Å². The lowest BCUT2D eigenvalue weighted by molar-refractivity contribution is 0.181. The third kappa shape index (κ3) is 2.49. The van der Waals surface area contributed by atoms with Crippen LogP contribution in [-0.2, 0) is 11.3 Å². The quantitative estimate of drug-likeness (QED) is 0.570. The van der Waals surface area contributed by atoms with Crippen LogP contribution >= 0.6 is 0 Å². The fraction of sp³-hybridized carbons (Fsp3) is 0.167. The second kappa shape index (κ2) is 5.92. The molecule has 4 aromatic rings. The van der Waals surface area contributed by atoms with Crippen LogP contribution in [0.1, 0.15) is 11.4 Å². The number of hydrogen-bond donors (Lipinski definition) is 0. The van der Waals surface area contributed by atoms with Crippen LogP contribution in [0.3, 0.4) is 0 Å². The molecule has 3 heterocycles. The van der Waals surface area contributed by atoms with Crippen molar-refractivity contribution in [3.8, 4) is 23.3 Å². The molecule has 7 nitrogen and oxygen atoms in total. The zero-order chi connectivity index (χ0) is 17.4. The van der Waals surface area contributed by atoms with E-state index in [0.717, 1.165) is 22.4 Å². The van der Waals surface area contributed by atoms with Crippen LogP contribution in [0, 0.1) is 11.3 Å². The molecule has 7 heteroatoms. The Labute approximate surface area is 143 Å². The average Bonchev–Trinajstić information content (AvgIpc) is 3.22. The highest BCUT2D eigenvalue weighted by atomic mass is 16.5. The maximum Gasteiger partial charge on any atom is 0.155 e. The van der Waals surface area contributed by atoms with Crippen LogP contribution in [0.5, 0.6) is 5.75 Å². The Morgan fingerprint density at radius 1 is 1.24 bits per heavy atom. The van der Waals surface area contributed by atoms with Crippen LogP contribution in [0.25, 0.3) is 28.1 Å². The van der Waals surface area contributed by atoms with Gasteiger partial charge in [0.25, 0.3) is 0 Å². The van der Waals surface area contributed by atoms with E-state index >= 15 is 0 Å². The van der Waals surface area contributed by atoms with Crippen molar-refractivity contribution in [2.24, 2.45) is 0 Å². The highest BCUT2D eigenvalue weighted by Crippen LogP contribution is 2.32. The smallest absolute Gasteiger partial charge is 0.155 e. The Hall–Kier alpha value is -3.37. The molecule has 0 atom stereocenters. The minimum Gasteiger partial charge on any atom is -0.497 e. The monoisotopic (exact) mass is 334 g/mol. The molecule has 0 bridgehead atoms. The van der Waals surface area contributed by atoms with E-state index in [0.29, 0.717) is 29.4 Å². The van der Waals surface area contributed by atoms with Gasteiger partial charge in [-0.25, -0.2) is 9.97 Å². The molecular weight excluding hydrogens is 320 g/mol. The van der Waals surface area contributed by atoms with Crippen molar-refractivity contribution in [3.05, 3.63) is 48.0 Å². The maximum absolute atomic E-state index is 9.03. The van der Waals surface area contributed by atoms with Gasteiger partial charge in [0.1, 0.15) is 40.8 Å². The third-order valence-electron chi connectivity index (χ3n) is 3.97. The molecule has 0 N–H and O–H groups in total. The number of furan rings is 1. The number of nitrogens with zero attached hydrogens (tertiary/aromatic N) is 4. The van der Waals surface area contributed by atoms with Gasteiger partial charge in [-0.1, -0.05) is 0 Å². The third-order valence-corrected chi connectivity index (χ3v) is 3.97. The van der Waals surface area contributed by atoms with Gasteiger partial charge in [-0.05, 0) is 24.3 Å². The van der Waals surface area contributed by atoms with E-state index in [4.69, 9.17) is 19.2 Å². The maximum atomic E-state index is 9.03. The molecule has 0 spiro atoms. The lowest BCUT2D eigenvalue weighted by Gasteiger charge is -2.01. The van der Waals surface area contributed by atoms with Crippen molar-refractivity contribution >= 4 is 16.6 Å². The van der Waals surface area contributed by atoms with E-state index in [1.54, 1.807) is 31.0 Å². The highest BCUT2D eigenvalue weighted by Gasteiger charge is 2.18. The first-order chi connectivity index (χ1) is 12.2. The number of hydrogen-bond acceptors (Lipinski definition) is 6. The predicted octanol–water partition coefficient (Wildman–Crippen LogP) is 3.17. The topological polar surface area (TPSA) is 85.6 Å². The molecule has 0 unspecified atom stereocenters. The van der Waals surface area contributed by atoms with Crippen molar-refractivity contribution in [1.29, 1.82) is 5.26 Å². The van der Waals surface area contributed by atoms with Crippen molar-refractivity contribution in [2.45, 2.75) is 6.61 Å². The first kappa shape index (κ1) is 15.2. The Morgan fingerprint density at radius 2 is 2.12 bits per heavy atom. The molecule has 25 heavy (non-hydrogen) atoms. The molecule has 1 aromatic carbocycles. The Bertz CT molecular complexity index is 1120. The number of benzene rings is 1. The van der Waals surface area contributed by atoms with Gasteiger partial charge in [0.2, 0.25) is 0 Å². The van der Waals surface area contributed by atoms with Gasteiger partial charge in [-0.3, -0.25) is 4.40 Å². The zero-order valence-electron chi connectivity index (χ0n) is 13.7. The number of ether oxygens (including phenoxy) is 2. The summed E-state index contributed by atoms with van der Waals surface area (Å²) < 4.78 is 18.3. The van der Waals surface area contributed by atoms with Crippen molar-refractivity contribution in [2.75, 3.05) is 14.2 Å². The minimum atomic E-state index is 0.308. The van der Waals surface area contributed by atoms with Gasteiger partial charge >= 0.3 is 0 Å². The van der Waals surface area contributed by atoms with E-state index in [9.17, 15) is 0 Å². The molecule has 0 aliphatic rings. The molecule has 0 saturated heterocycles. The fourth-order valence-corrected chi connectivity index (χ4v) is 2.79. The molecule has 0 aliphatic heterocycles. The summed E-state index contributed by atoms with van der Waals surface area (Å²) in [5.74, 6) is 1.38. The predicted molar refractivity (Wildman–Crippen MR) is 90.2 cm³/mol. The van der Waals surface area contributed by atoms with Crippen LogP contribution < -0.4 is 4.74 Å². The van der Waals surface area contributed by atoms with Crippen LogP contribution in [0.15, 0.2) is 41.1 Å². The van der Waals surface area contributed by atoms with E-state index in [1.807, 2.05) is 30.3 Å². The summed E-state index contributed by atoms with van der Waals surface area (Å²) in [6.07, 6.45) is 1.57. The largest absolute Gasteiger partial charge is 0.497 e. The molecule has 0 amide bonds. The lowest BCUT2D eigenvalue weighted by Crippen LogP contribution is -1.98. The van der Waals surface area contributed by atoms with E-state index in [1.165, 1.54) is 0 Å². The summed E-state index contributed by atoms with van der Waals surface area (Å²) in [4.78, 5) is 8.71. The average molecular weight is 334 g/mol. The second-order valence-corrected chi connectivity index (χ2v) is 5.47. The number of imidazole rings is 1. The fourth-order valence-electron chi connectivity index (χ4n) is 2.79. The first-order valence-corrected chi connectivity index (χ1v) is 7.57. The Morgan fingerprint density at radius 3 is 2.88 bits per heavy atom. The van der Waals surface area contributed by atoms with Gasteiger partial charge in [0.05, 0.1) is 19.4 Å². The summed E-state index contributed by atoms with van der Waals surface area (Å²) in [5.41, 5.74) is 3.13. The van der Waals surface area contributed by atoms with Crippen molar-refractivity contribution < 1.29 is 13.9 Å². The lowest BCUT2D eigenvalue weighted by atomic mass is 10.2. The first-order valence-electron chi connectivity index (χ1n) is 7.57. The molecular formula is C18H14N4O3. The molecule has 3 aromatic heterocycles. The van der Waals surface area contributed by atoms with Crippen molar-refractivity contribution in [3.63, 3.8) is 0 Å². The highest BCUT2D eigenvalue weighted by molar-refractivity contribution is 5.84. The van der Waals surface area contributed by atoms with E-state index in [2.05, 4.69) is 9.97 Å². The summed E-state index contributed by atoms with van der Waals surface area (Å²) in [6.45, 7) is 0.338. The molecule has 0 saturated carbocycles. The van der Waals surface area contributed by atoms with E-state index < -0.39 is 0 Å². The number of fused-ring (bicyclic) bond motifs is 2. The van der Waals surface area contributed by atoms with Crippen LogP contribution in [-0.4, -0.2) is 28.6 Å².